The molecule has 91 heavy (non-hydrogen) atoms. The van der Waals surface area contributed by atoms with Crippen LogP contribution in [0.2, 0.25) is 0 Å². The van der Waals surface area contributed by atoms with Crippen molar-refractivity contribution in [1.29, 1.82) is 0 Å². The molecule has 0 aliphatic rings. The minimum absolute atomic E-state index is 0.0122. The molecule has 25 nitrogen and oxygen atoms in total. The number of amides is 9. The van der Waals surface area contributed by atoms with Crippen LogP contribution in [0.1, 0.15) is 167 Å². The summed E-state index contributed by atoms with van der Waals surface area (Å²) in [6.45, 7) is 6.28. The quantitative estimate of drug-likeness (QED) is 0.0126. The molecule has 0 saturated carbocycles. The van der Waals surface area contributed by atoms with Gasteiger partial charge in [0.15, 0.2) is 5.96 Å². The summed E-state index contributed by atoms with van der Waals surface area (Å²) in [6, 6.07) is 9.02. The molecule has 0 unspecified atom stereocenters. The van der Waals surface area contributed by atoms with E-state index in [1.807, 2.05) is 31.2 Å². The van der Waals surface area contributed by atoms with E-state index in [9.17, 15) is 43.2 Å². The summed E-state index contributed by atoms with van der Waals surface area (Å²) in [5, 5.41) is 26.5. The minimum Gasteiger partial charge on any atom is -0.370 e. The number of aromatic amines is 1. The first kappa shape index (κ1) is 76.6. The van der Waals surface area contributed by atoms with Crippen LogP contribution in [-0.2, 0) is 56.0 Å². The van der Waals surface area contributed by atoms with E-state index in [-0.39, 0.29) is 63.5 Å². The van der Waals surface area contributed by atoms with Crippen molar-refractivity contribution >= 4 is 76.2 Å². The number of rotatable bonds is 49. The van der Waals surface area contributed by atoms with Crippen molar-refractivity contribution < 1.29 is 43.2 Å². The summed E-state index contributed by atoms with van der Waals surface area (Å²) in [7, 11) is 0. The zero-order chi connectivity index (χ0) is 66.4. The number of allylic oxidation sites excluding steroid dienone is 4. The van der Waals surface area contributed by atoms with Crippen LogP contribution in [0.3, 0.4) is 0 Å². The van der Waals surface area contributed by atoms with Gasteiger partial charge in [0, 0.05) is 56.0 Å². The van der Waals surface area contributed by atoms with E-state index < -0.39 is 83.5 Å². The lowest BCUT2D eigenvalue weighted by Crippen LogP contribution is -2.59. The third-order valence-electron chi connectivity index (χ3n) is 14.9. The van der Waals surface area contributed by atoms with Crippen molar-refractivity contribution in [3.05, 3.63) is 96.2 Å². The number of carbonyl (C=O) groups is 9. The zero-order valence-corrected chi connectivity index (χ0v) is 53.8. The van der Waals surface area contributed by atoms with Gasteiger partial charge in [0.25, 0.3) is 5.91 Å². The Hall–Kier alpha value is -8.61. The number of guanidine groups is 1. The van der Waals surface area contributed by atoms with Crippen molar-refractivity contribution in [2.24, 2.45) is 33.0 Å². The maximum atomic E-state index is 14.5. The lowest BCUT2D eigenvalue weighted by Gasteiger charge is -2.27. The van der Waals surface area contributed by atoms with Gasteiger partial charge < -0.3 is 75.9 Å². The fourth-order valence-electron chi connectivity index (χ4n) is 9.73. The maximum Gasteiger partial charge on any atom is 0.264 e. The molecule has 6 atom stereocenters. The number of hydrogen-bond acceptors (Lipinski definition) is 13. The van der Waals surface area contributed by atoms with Gasteiger partial charge in [-0.2, -0.15) is 5.10 Å². The monoisotopic (exact) mass is 1260 g/mol. The molecule has 9 amide bonds. The molecule has 18 N–H and O–H groups in total. The molecule has 2 aromatic carbocycles. The molecule has 0 bridgehead atoms. The standard InChI is InChI=1S/C66H104N16O9/c1-4-6-8-9-10-11-12-13-14-15-16-17-18-19-23-37-57(83)71-40-29-41-72-58(84)45-75-76-46-59(85)78-52(33-7-5-2)62(88)77-47(3)61(87)79-53(35-26-27-38-67)64(90)82-56(42-48-30-21-20-22-31-48)65(91)80-54(36-28-39-73-66(69)70)63(89)81-55(60(68)86)43-49-44-74-51-34-25-24-32-50(49)51/h10-11,13-14,20-22,24-25,30-32,34,44-45,47,52-56,74,76H,4-9,12,15-19,23,26-29,33,35-43,46,67H2,1-3H3,(H2,68,86)(H,71,83)(H,72,84)(H,77,88)(H,78,85)(H,79,87)(H,80,91)(H,81,89)(H,82,90)(H4,69,70,73)/b11-10-,14-13-,75-45+/t47-,52-,53-,54-,55-,56+/m0/s1. The predicted molar refractivity (Wildman–Crippen MR) is 357 cm³/mol. The molecule has 502 valence electrons. The van der Waals surface area contributed by atoms with Crippen LogP contribution in [0, 0.1) is 0 Å². The van der Waals surface area contributed by atoms with E-state index in [4.69, 9.17) is 22.9 Å². The molecule has 25 heteroatoms. The lowest BCUT2D eigenvalue weighted by atomic mass is 10.0. The number of unbranched alkanes of at least 4 members (excludes halogenated alkanes) is 10. The van der Waals surface area contributed by atoms with Crippen LogP contribution in [0.25, 0.3) is 10.9 Å². The number of hydrogen-bond donors (Lipinski definition) is 14. The van der Waals surface area contributed by atoms with Crippen LogP contribution >= 0.6 is 0 Å². The summed E-state index contributed by atoms with van der Waals surface area (Å²) in [4.78, 5) is 128. The highest BCUT2D eigenvalue weighted by molar-refractivity contribution is 6.26. The number of hydrazone groups is 1. The van der Waals surface area contributed by atoms with Crippen LogP contribution in [0.15, 0.2) is 95.2 Å². The number of primary amides is 1. The number of nitrogens with one attached hydrogen (secondary N) is 10. The lowest BCUT2D eigenvalue weighted by molar-refractivity contribution is -0.135. The van der Waals surface area contributed by atoms with Crippen molar-refractivity contribution in [3.8, 4) is 0 Å². The molecule has 3 rings (SSSR count). The highest BCUT2D eigenvalue weighted by Gasteiger charge is 2.33. The third kappa shape index (κ3) is 33.7. The topological polar surface area (TPSA) is 406 Å². The Morgan fingerprint density at radius 1 is 0.549 bits per heavy atom. The normalized spacial score (nSPS) is 13.3. The Morgan fingerprint density at radius 2 is 1.13 bits per heavy atom. The average molecular weight is 1270 g/mol. The zero-order valence-electron chi connectivity index (χ0n) is 53.8. The molecule has 1 aromatic heterocycles. The van der Waals surface area contributed by atoms with Gasteiger partial charge in [-0.15, -0.1) is 0 Å². The Labute approximate surface area is 536 Å². The molecule has 0 saturated heterocycles. The van der Waals surface area contributed by atoms with Gasteiger partial charge in [-0.05, 0) is 114 Å². The smallest absolute Gasteiger partial charge is 0.264 e. The summed E-state index contributed by atoms with van der Waals surface area (Å²) in [5.74, 6) is -5.73. The number of aliphatic imine (C=N–C) groups is 1. The third-order valence-corrected chi connectivity index (χ3v) is 14.9. The summed E-state index contributed by atoms with van der Waals surface area (Å²) in [6.07, 6.45) is 27.6. The second-order valence-electron chi connectivity index (χ2n) is 22.7. The largest absolute Gasteiger partial charge is 0.370 e. The first-order chi connectivity index (χ1) is 43.9. The molecular formula is C66H104N16O9. The van der Waals surface area contributed by atoms with Crippen molar-refractivity contribution in [1.82, 2.24) is 52.9 Å². The van der Waals surface area contributed by atoms with E-state index in [1.165, 1.54) is 26.2 Å². The van der Waals surface area contributed by atoms with E-state index in [0.717, 1.165) is 74.0 Å². The Kier molecular flexibility index (Phi) is 39.1. The molecular weight excluding hydrogens is 1160 g/mol. The average Bonchev–Trinajstić information content (AvgIpc) is 2.47. The van der Waals surface area contributed by atoms with Gasteiger partial charge in [0.1, 0.15) is 49.0 Å². The van der Waals surface area contributed by atoms with E-state index in [2.05, 4.69) is 94.3 Å². The van der Waals surface area contributed by atoms with Crippen LogP contribution in [-0.4, -0.2) is 139 Å². The first-order valence-electron chi connectivity index (χ1n) is 32.5. The predicted octanol–water partition coefficient (Wildman–Crippen LogP) is 3.75. The number of carbonyl (C=O) groups excluding carboxylic acids is 9. The van der Waals surface area contributed by atoms with E-state index >= 15 is 0 Å². The van der Waals surface area contributed by atoms with Gasteiger partial charge >= 0.3 is 0 Å². The van der Waals surface area contributed by atoms with Crippen LogP contribution < -0.4 is 70.9 Å². The van der Waals surface area contributed by atoms with Crippen LogP contribution in [0.4, 0.5) is 0 Å². The molecule has 0 aliphatic heterocycles. The molecule has 1 heterocycles. The minimum atomic E-state index is -1.31. The Morgan fingerprint density at radius 3 is 1.82 bits per heavy atom. The van der Waals surface area contributed by atoms with Gasteiger partial charge in [0.2, 0.25) is 47.3 Å². The van der Waals surface area contributed by atoms with Gasteiger partial charge in [-0.1, -0.05) is 132 Å². The Bertz CT molecular complexity index is 2800. The van der Waals surface area contributed by atoms with Gasteiger partial charge in [-0.3, -0.25) is 48.1 Å². The number of nitrogens with zero attached hydrogens (tertiary/aromatic N) is 2. The summed E-state index contributed by atoms with van der Waals surface area (Å²) < 4.78 is 0. The number of fused-ring (bicyclic) bond motifs is 1. The van der Waals surface area contributed by atoms with Crippen molar-refractivity contribution in [3.63, 3.8) is 0 Å². The maximum absolute atomic E-state index is 14.5. The fourth-order valence-corrected chi connectivity index (χ4v) is 9.73. The molecule has 3 aromatic rings. The first-order valence-corrected chi connectivity index (χ1v) is 32.5. The van der Waals surface area contributed by atoms with Gasteiger partial charge in [0.05, 0.1) is 0 Å². The number of benzene rings is 2. The molecule has 0 radical (unpaired) electrons. The molecule has 0 aliphatic carbocycles. The molecule has 0 spiro atoms. The highest BCUT2D eigenvalue weighted by Crippen LogP contribution is 2.20. The molecule has 0 fully saturated rings. The van der Waals surface area contributed by atoms with Crippen molar-refractivity contribution in [2.45, 2.75) is 205 Å². The number of H-pyrrole nitrogens is 1. The van der Waals surface area contributed by atoms with E-state index in [1.54, 1.807) is 36.5 Å². The van der Waals surface area contributed by atoms with Crippen LogP contribution in [0.5, 0.6) is 0 Å². The number of nitrogens with two attached hydrogens (primary N) is 4. The van der Waals surface area contributed by atoms with Gasteiger partial charge in [-0.25, -0.2) is 0 Å². The number of aromatic nitrogens is 1. The second-order valence-corrected chi connectivity index (χ2v) is 22.7. The summed E-state index contributed by atoms with van der Waals surface area (Å²) >= 11 is 0. The fraction of sp³-hybridized carbons (Fsp3) is 0.561. The van der Waals surface area contributed by atoms with Crippen molar-refractivity contribution in [2.75, 3.05) is 32.7 Å². The van der Waals surface area contributed by atoms with E-state index in [0.29, 0.717) is 63.7 Å². The number of para-hydroxylation sites is 1. The highest BCUT2D eigenvalue weighted by atomic mass is 16.2. The SMILES string of the molecule is CCCCC/C=C\C/C=C\CCCCCCCC(=O)NCCCNC(=O)/C=N/NCC(=O)N[C@@H](CCCC)C(=O)N[C@@H](C)C(=O)N[C@@H](CCCCN)C(=O)N[C@H](Cc1ccccc1)C(=O)N[C@@H](CCCN=C(N)N)C(=O)N[C@@H](Cc1c[nH]c2ccccc12)C(N)=O. The second kappa shape index (κ2) is 46.5. The Balaban J connectivity index is 1.54. The summed E-state index contributed by atoms with van der Waals surface area (Å²) in [5.41, 5.74) is 27.4.